The predicted octanol–water partition coefficient (Wildman–Crippen LogP) is 2.95. The second-order valence-corrected chi connectivity index (χ2v) is 6.63. The van der Waals surface area contributed by atoms with Gasteiger partial charge in [-0.3, -0.25) is 5.32 Å². The van der Waals surface area contributed by atoms with E-state index < -0.39 is 0 Å². The molecule has 26 heavy (non-hydrogen) atoms. The molecule has 0 bridgehead atoms. The average Bonchev–Trinajstić information content (AvgIpc) is 3.11. The molecule has 1 fully saturated rings. The molecule has 8 nitrogen and oxygen atoms in total. The molecule has 0 spiro atoms. The van der Waals surface area contributed by atoms with Crippen molar-refractivity contribution in [2.24, 2.45) is 0 Å². The molecule has 2 aromatic rings. The number of urea groups is 1. The molecule has 1 aromatic carbocycles. The first-order valence-corrected chi connectivity index (χ1v) is 9.31. The number of rotatable bonds is 4. The maximum atomic E-state index is 12.3. The maximum Gasteiger partial charge on any atom is 0.409 e. The Bertz CT molecular complexity index is 744. The maximum absolute atomic E-state index is 12.3. The van der Waals surface area contributed by atoms with Gasteiger partial charge < -0.3 is 15.0 Å². The Morgan fingerprint density at radius 2 is 2.00 bits per heavy atom. The minimum absolute atomic E-state index is 0.0155. The van der Waals surface area contributed by atoms with Crippen LogP contribution in [-0.2, 0) is 4.74 Å². The summed E-state index contributed by atoms with van der Waals surface area (Å²) in [6.45, 7) is 3.29. The molecule has 0 aliphatic carbocycles. The molecule has 9 heteroatoms. The van der Waals surface area contributed by atoms with Gasteiger partial charge in [0.05, 0.1) is 6.61 Å². The lowest BCUT2D eigenvalue weighted by Crippen LogP contribution is -2.47. The zero-order valence-corrected chi connectivity index (χ0v) is 15.3. The smallest absolute Gasteiger partial charge is 0.409 e. The van der Waals surface area contributed by atoms with Crippen molar-refractivity contribution < 1.29 is 14.3 Å². The third-order valence-electron chi connectivity index (χ3n) is 4.12. The van der Waals surface area contributed by atoms with Gasteiger partial charge in [-0.15, -0.1) is 5.10 Å². The van der Waals surface area contributed by atoms with E-state index >= 15 is 0 Å². The van der Waals surface area contributed by atoms with Crippen LogP contribution < -0.4 is 10.6 Å². The number of carbonyl (C=O) groups excluding carboxylic acids is 2. The van der Waals surface area contributed by atoms with Gasteiger partial charge in [-0.05, 0) is 19.8 Å². The Labute approximate surface area is 155 Å². The van der Waals surface area contributed by atoms with Crippen molar-refractivity contribution in [3.8, 4) is 11.3 Å². The van der Waals surface area contributed by atoms with Crippen LogP contribution in [0.2, 0.25) is 0 Å². The van der Waals surface area contributed by atoms with Gasteiger partial charge in [0.15, 0.2) is 0 Å². The third kappa shape index (κ3) is 4.48. The molecule has 3 amide bonds. The summed E-state index contributed by atoms with van der Waals surface area (Å²) in [6.07, 6.45) is 1.09. The number of hydrogen-bond donors (Lipinski definition) is 2. The van der Waals surface area contributed by atoms with Crippen LogP contribution >= 0.6 is 11.5 Å². The largest absolute Gasteiger partial charge is 0.450 e. The number of carbonyl (C=O) groups is 2. The summed E-state index contributed by atoms with van der Waals surface area (Å²) in [5.74, 6) is 0. The van der Waals surface area contributed by atoms with Crippen molar-refractivity contribution in [1.29, 1.82) is 0 Å². The zero-order valence-electron chi connectivity index (χ0n) is 14.5. The van der Waals surface area contributed by atoms with Gasteiger partial charge >= 0.3 is 12.1 Å². The lowest BCUT2D eigenvalue weighted by molar-refractivity contribution is 0.0959. The fraction of sp³-hybridized carbons (Fsp3) is 0.412. The highest BCUT2D eigenvalue weighted by Crippen LogP contribution is 2.28. The van der Waals surface area contributed by atoms with E-state index in [4.69, 9.17) is 4.74 Å². The van der Waals surface area contributed by atoms with E-state index in [1.54, 1.807) is 11.8 Å². The van der Waals surface area contributed by atoms with E-state index in [0.29, 0.717) is 43.2 Å². The van der Waals surface area contributed by atoms with Gasteiger partial charge in [-0.1, -0.05) is 34.8 Å². The standard InChI is InChI=1S/C17H21N5O3S/c1-2-25-17(24)22-10-8-13(9-11-22)18-16(23)19-15-14(20-21-26-15)12-6-4-3-5-7-12/h3-7,13H,2,8-11H2,1H3,(H2,18,19,23). The lowest BCUT2D eigenvalue weighted by Gasteiger charge is -2.31. The number of aromatic nitrogens is 2. The SMILES string of the molecule is CCOC(=O)N1CCC(NC(=O)Nc2snnc2-c2ccccc2)CC1. The van der Waals surface area contributed by atoms with Crippen molar-refractivity contribution in [2.45, 2.75) is 25.8 Å². The average molecular weight is 375 g/mol. The normalized spacial score (nSPS) is 14.7. The molecule has 0 radical (unpaired) electrons. The van der Waals surface area contributed by atoms with E-state index in [1.807, 2.05) is 30.3 Å². The van der Waals surface area contributed by atoms with E-state index in [9.17, 15) is 9.59 Å². The first kappa shape index (κ1) is 18.1. The second-order valence-electron chi connectivity index (χ2n) is 5.88. The zero-order chi connectivity index (χ0) is 18.4. The number of hydrogen-bond acceptors (Lipinski definition) is 6. The molecule has 1 aromatic heterocycles. The van der Waals surface area contributed by atoms with Gasteiger partial charge in [0, 0.05) is 36.2 Å². The van der Waals surface area contributed by atoms with Crippen LogP contribution in [0.15, 0.2) is 30.3 Å². The van der Waals surface area contributed by atoms with Crippen molar-refractivity contribution in [2.75, 3.05) is 25.0 Å². The number of nitrogens with zero attached hydrogens (tertiary/aromatic N) is 3. The van der Waals surface area contributed by atoms with Crippen molar-refractivity contribution in [1.82, 2.24) is 19.8 Å². The van der Waals surface area contributed by atoms with Gasteiger partial charge in [0.25, 0.3) is 0 Å². The Balaban J connectivity index is 1.52. The summed E-state index contributed by atoms with van der Waals surface area (Å²) in [7, 11) is 0. The summed E-state index contributed by atoms with van der Waals surface area (Å²) in [5.41, 5.74) is 1.56. The van der Waals surface area contributed by atoms with Crippen LogP contribution in [0.5, 0.6) is 0 Å². The highest BCUT2D eigenvalue weighted by atomic mass is 32.1. The van der Waals surface area contributed by atoms with Gasteiger partial charge in [0.2, 0.25) is 0 Å². The quantitative estimate of drug-likeness (QED) is 0.856. The number of nitrogens with one attached hydrogen (secondary N) is 2. The van der Waals surface area contributed by atoms with E-state index in [2.05, 4.69) is 20.2 Å². The summed E-state index contributed by atoms with van der Waals surface area (Å²) in [4.78, 5) is 25.7. The van der Waals surface area contributed by atoms with Crippen molar-refractivity contribution >= 4 is 28.7 Å². The summed E-state index contributed by atoms with van der Waals surface area (Å²) in [5, 5.41) is 10.5. The first-order valence-electron chi connectivity index (χ1n) is 8.54. The molecule has 1 saturated heterocycles. The minimum Gasteiger partial charge on any atom is -0.450 e. The summed E-state index contributed by atoms with van der Waals surface area (Å²) in [6, 6.07) is 9.32. The summed E-state index contributed by atoms with van der Waals surface area (Å²) < 4.78 is 8.93. The molecule has 3 rings (SSSR count). The molecule has 1 aliphatic heterocycles. The molecular weight excluding hydrogens is 354 g/mol. The molecule has 2 heterocycles. The molecule has 0 saturated carbocycles. The number of amides is 3. The van der Waals surface area contributed by atoms with Gasteiger partial charge in [0.1, 0.15) is 10.7 Å². The number of anilines is 1. The second kappa shape index (κ2) is 8.61. The number of likely N-dealkylation sites (tertiary alicyclic amines) is 1. The minimum atomic E-state index is -0.293. The van der Waals surface area contributed by atoms with Crippen molar-refractivity contribution in [3.05, 3.63) is 30.3 Å². The number of ether oxygens (including phenoxy) is 1. The van der Waals surface area contributed by atoms with Crippen molar-refractivity contribution in [3.63, 3.8) is 0 Å². The Kier molecular flexibility index (Phi) is 6.00. The lowest BCUT2D eigenvalue weighted by atomic mass is 10.1. The fourth-order valence-electron chi connectivity index (χ4n) is 2.80. The summed E-state index contributed by atoms with van der Waals surface area (Å²) >= 11 is 1.14. The van der Waals surface area contributed by atoms with Crippen LogP contribution in [0.1, 0.15) is 19.8 Å². The number of piperidine rings is 1. The first-order chi connectivity index (χ1) is 12.7. The van der Waals surface area contributed by atoms with Crippen LogP contribution in [-0.4, -0.2) is 52.3 Å². The van der Waals surface area contributed by atoms with Crippen LogP contribution in [0.4, 0.5) is 14.6 Å². The van der Waals surface area contributed by atoms with E-state index in [1.165, 1.54) is 0 Å². The topological polar surface area (TPSA) is 96.5 Å². The van der Waals surface area contributed by atoms with Crippen LogP contribution in [0.3, 0.4) is 0 Å². The van der Waals surface area contributed by atoms with E-state index in [0.717, 1.165) is 17.1 Å². The van der Waals surface area contributed by atoms with Crippen LogP contribution in [0, 0.1) is 0 Å². The molecule has 2 N–H and O–H groups in total. The predicted molar refractivity (Wildman–Crippen MR) is 99.1 cm³/mol. The molecule has 0 unspecified atom stereocenters. The number of benzene rings is 1. The Morgan fingerprint density at radius 1 is 1.27 bits per heavy atom. The molecular formula is C17H21N5O3S. The van der Waals surface area contributed by atoms with Gasteiger partial charge in [-0.25, -0.2) is 9.59 Å². The third-order valence-corrected chi connectivity index (χ3v) is 4.76. The molecule has 0 atom stereocenters. The molecule has 1 aliphatic rings. The highest BCUT2D eigenvalue weighted by Gasteiger charge is 2.25. The fourth-order valence-corrected chi connectivity index (χ4v) is 3.39. The Morgan fingerprint density at radius 3 is 2.69 bits per heavy atom. The van der Waals surface area contributed by atoms with E-state index in [-0.39, 0.29) is 18.2 Å². The highest BCUT2D eigenvalue weighted by molar-refractivity contribution is 7.10. The van der Waals surface area contributed by atoms with Crippen LogP contribution in [0.25, 0.3) is 11.3 Å². The Hall–Kier alpha value is -2.68. The monoisotopic (exact) mass is 375 g/mol. The van der Waals surface area contributed by atoms with Gasteiger partial charge in [-0.2, -0.15) is 0 Å². The molecule has 138 valence electrons.